The summed E-state index contributed by atoms with van der Waals surface area (Å²) in [6.45, 7) is 4.28. The van der Waals surface area contributed by atoms with Crippen LogP contribution in [-0.4, -0.2) is 23.6 Å². The Labute approximate surface area is 81.5 Å². The normalized spacial score (nSPS) is 10.8. The highest BCUT2D eigenvalue weighted by molar-refractivity contribution is 9.10. The van der Waals surface area contributed by atoms with Crippen LogP contribution in [0.15, 0.2) is 10.8 Å². The topological polar surface area (TPSA) is 21.1 Å². The van der Waals surface area contributed by atoms with Crippen molar-refractivity contribution in [3.8, 4) is 0 Å². The van der Waals surface area contributed by atoms with Gasteiger partial charge in [-0.1, -0.05) is 0 Å². The number of aromatic nitrogens is 2. The fourth-order valence-corrected chi connectivity index (χ4v) is 1.44. The van der Waals surface area contributed by atoms with Gasteiger partial charge in [-0.2, -0.15) is 0 Å². The molecule has 1 aromatic heterocycles. The van der Waals surface area contributed by atoms with Gasteiger partial charge in [-0.25, -0.2) is 4.98 Å². The van der Waals surface area contributed by atoms with Gasteiger partial charge < -0.3 is 9.47 Å². The van der Waals surface area contributed by atoms with Gasteiger partial charge >= 0.3 is 0 Å². The minimum absolute atomic E-state index is 0.446. The van der Waals surface area contributed by atoms with E-state index >= 15 is 0 Å². The number of anilines is 1. The van der Waals surface area contributed by atoms with Gasteiger partial charge in [0.15, 0.2) is 0 Å². The predicted octanol–water partition coefficient (Wildman–Crippen LogP) is 2.29. The molecule has 68 valence electrons. The molecule has 0 atom stereocenters. The zero-order valence-electron chi connectivity index (χ0n) is 7.87. The van der Waals surface area contributed by atoms with Crippen molar-refractivity contribution in [1.82, 2.24) is 9.55 Å². The monoisotopic (exact) mass is 231 g/mol. The maximum atomic E-state index is 4.34. The Morgan fingerprint density at radius 3 is 2.42 bits per heavy atom. The average molecular weight is 232 g/mol. The molecular formula is C8H14BrN3. The molecule has 1 heterocycles. The molecule has 0 unspecified atom stereocenters. The highest BCUT2D eigenvalue weighted by Gasteiger charge is 2.09. The minimum atomic E-state index is 0.446. The number of imidazole rings is 1. The summed E-state index contributed by atoms with van der Waals surface area (Å²) in [4.78, 5) is 6.34. The Balaban J connectivity index is 3.08. The highest BCUT2D eigenvalue weighted by Crippen LogP contribution is 2.20. The first kappa shape index (κ1) is 9.58. The third kappa shape index (κ3) is 1.80. The van der Waals surface area contributed by atoms with Crippen LogP contribution in [0.5, 0.6) is 0 Å². The Hall–Kier alpha value is -0.510. The second kappa shape index (κ2) is 3.47. The van der Waals surface area contributed by atoms with E-state index < -0.39 is 0 Å². The van der Waals surface area contributed by atoms with Crippen LogP contribution in [0.4, 0.5) is 5.95 Å². The summed E-state index contributed by atoms with van der Waals surface area (Å²) in [6, 6.07) is 0.446. The Morgan fingerprint density at radius 2 is 2.08 bits per heavy atom. The predicted molar refractivity (Wildman–Crippen MR) is 54.6 cm³/mol. The number of nitrogens with zero attached hydrogens (tertiary/aromatic N) is 3. The molecule has 3 nitrogen and oxygen atoms in total. The molecule has 0 radical (unpaired) electrons. The van der Waals surface area contributed by atoms with Crippen molar-refractivity contribution in [2.75, 3.05) is 19.0 Å². The second-order valence-corrected chi connectivity index (χ2v) is 4.07. The molecule has 1 rings (SSSR count). The summed E-state index contributed by atoms with van der Waals surface area (Å²) < 4.78 is 3.02. The van der Waals surface area contributed by atoms with E-state index in [1.807, 2.05) is 25.2 Å². The van der Waals surface area contributed by atoms with Gasteiger partial charge in [-0.3, -0.25) is 0 Å². The van der Waals surface area contributed by atoms with Crippen molar-refractivity contribution >= 4 is 21.9 Å². The third-order valence-corrected chi connectivity index (χ3v) is 2.02. The van der Waals surface area contributed by atoms with Crippen molar-refractivity contribution in [3.63, 3.8) is 0 Å². The van der Waals surface area contributed by atoms with E-state index in [9.17, 15) is 0 Å². The quantitative estimate of drug-likeness (QED) is 0.780. The second-order valence-electron chi connectivity index (χ2n) is 3.26. The smallest absolute Gasteiger partial charge is 0.206 e. The van der Waals surface area contributed by atoms with Crippen LogP contribution in [0.1, 0.15) is 19.9 Å². The number of rotatable bonds is 2. The van der Waals surface area contributed by atoms with E-state index in [-0.39, 0.29) is 0 Å². The van der Waals surface area contributed by atoms with Crippen LogP contribution in [-0.2, 0) is 0 Å². The number of hydrogen-bond donors (Lipinski definition) is 0. The van der Waals surface area contributed by atoms with E-state index in [0.29, 0.717) is 6.04 Å². The molecule has 0 fully saturated rings. The van der Waals surface area contributed by atoms with E-state index in [1.54, 1.807) is 0 Å². The maximum Gasteiger partial charge on any atom is 0.206 e. The summed E-state index contributed by atoms with van der Waals surface area (Å²) in [5.74, 6) is 0.983. The zero-order chi connectivity index (χ0) is 9.30. The van der Waals surface area contributed by atoms with E-state index in [1.165, 1.54) is 0 Å². The lowest BCUT2D eigenvalue weighted by Gasteiger charge is -2.16. The molecule has 0 saturated heterocycles. The molecule has 0 aliphatic carbocycles. The Bertz CT molecular complexity index is 240. The first-order chi connectivity index (χ1) is 5.52. The van der Waals surface area contributed by atoms with Crippen LogP contribution in [0.25, 0.3) is 0 Å². The summed E-state index contributed by atoms with van der Waals surface area (Å²) in [5, 5.41) is 0. The summed E-state index contributed by atoms with van der Waals surface area (Å²) in [6.07, 6.45) is 2.00. The van der Waals surface area contributed by atoms with Gasteiger partial charge in [-0.05, 0) is 29.8 Å². The molecule has 0 aliphatic rings. The number of hydrogen-bond acceptors (Lipinski definition) is 2. The van der Waals surface area contributed by atoms with E-state index in [2.05, 4.69) is 39.3 Å². The first-order valence-corrected chi connectivity index (χ1v) is 4.73. The van der Waals surface area contributed by atoms with Gasteiger partial charge in [0, 0.05) is 26.3 Å². The molecule has 0 bridgehead atoms. The van der Waals surface area contributed by atoms with Gasteiger partial charge in [0.1, 0.15) is 4.60 Å². The van der Waals surface area contributed by atoms with Gasteiger partial charge in [0.05, 0.1) is 0 Å². The molecule has 1 aromatic rings. The largest absolute Gasteiger partial charge is 0.348 e. The lowest BCUT2D eigenvalue weighted by Crippen LogP contribution is -2.16. The molecule has 0 N–H and O–H groups in total. The SMILES string of the molecule is CC(C)n1cc(Br)nc1N(C)C. The van der Waals surface area contributed by atoms with Crippen LogP contribution in [0.2, 0.25) is 0 Å². The van der Waals surface area contributed by atoms with Crippen LogP contribution < -0.4 is 4.90 Å². The average Bonchev–Trinajstić information content (AvgIpc) is 2.31. The molecule has 4 heteroatoms. The Kier molecular flexibility index (Phi) is 2.77. The molecule has 0 amide bonds. The molecule has 0 aromatic carbocycles. The van der Waals surface area contributed by atoms with E-state index in [4.69, 9.17) is 0 Å². The van der Waals surface area contributed by atoms with Gasteiger partial charge in [0.2, 0.25) is 5.95 Å². The van der Waals surface area contributed by atoms with Crippen molar-refractivity contribution in [2.45, 2.75) is 19.9 Å². The van der Waals surface area contributed by atoms with Gasteiger partial charge in [0.25, 0.3) is 0 Å². The van der Waals surface area contributed by atoms with Crippen LogP contribution >= 0.6 is 15.9 Å². The van der Waals surface area contributed by atoms with Crippen LogP contribution in [0, 0.1) is 0 Å². The third-order valence-electron chi connectivity index (χ3n) is 1.64. The first-order valence-electron chi connectivity index (χ1n) is 3.94. The molecule has 12 heavy (non-hydrogen) atoms. The van der Waals surface area contributed by atoms with E-state index in [0.717, 1.165) is 10.6 Å². The molecular weight excluding hydrogens is 218 g/mol. The lowest BCUT2D eigenvalue weighted by atomic mass is 10.4. The summed E-state index contributed by atoms with van der Waals surface area (Å²) in [5.41, 5.74) is 0. The Morgan fingerprint density at radius 1 is 1.50 bits per heavy atom. The fraction of sp³-hybridized carbons (Fsp3) is 0.625. The highest BCUT2D eigenvalue weighted by atomic mass is 79.9. The zero-order valence-corrected chi connectivity index (χ0v) is 9.46. The van der Waals surface area contributed by atoms with Crippen molar-refractivity contribution in [2.24, 2.45) is 0 Å². The number of halogens is 1. The summed E-state index contributed by atoms with van der Waals surface area (Å²) in [7, 11) is 3.99. The van der Waals surface area contributed by atoms with Crippen molar-refractivity contribution < 1.29 is 0 Å². The standard InChI is InChI=1S/C8H14BrN3/c1-6(2)12-5-7(9)10-8(12)11(3)4/h5-6H,1-4H3. The molecule has 0 saturated carbocycles. The molecule has 0 spiro atoms. The fourth-order valence-electron chi connectivity index (χ4n) is 1.07. The van der Waals surface area contributed by atoms with Crippen LogP contribution in [0.3, 0.4) is 0 Å². The van der Waals surface area contributed by atoms with Crippen molar-refractivity contribution in [1.29, 1.82) is 0 Å². The van der Waals surface area contributed by atoms with Crippen molar-refractivity contribution in [3.05, 3.63) is 10.8 Å². The molecule has 0 aliphatic heterocycles. The summed E-state index contributed by atoms with van der Waals surface area (Å²) >= 11 is 3.36. The van der Waals surface area contributed by atoms with Gasteiger partial charge in [-0.15, -0.1) is 0 Å². The lowest BCUT2D eigenvalue weighted by molar-refractivity contribution is 0.597. The maximum absolute atomic E-state index is 4.34. The minimum Gasteiger partial charge on any atom is -0.348 e.